The lowest BCUT2D eigenvalue weighted by Crippen LogP contribution is -2.68. The van der Waals surface area contributed by atoms with E-state index in [0.29, 0.717) is 0 Å². The van der Waals surface area contributed by atoms with E-state index in [-0.39, 0.29) is 12.8 Å². The molecule has 2 fully saturated rings. The van der Waals surface area contributed by atoms with Crippen molar-refractivity contribution in [2.45, 2.75) is 57.2 Å². The van der Waals surface area contributed by atoms with Gasteiger partial charge in [-0.3, -0.25) is 14.4 Å². The molecule has 5 atom stereocenters. The first kappa shape index (κ1) is 17.8. The van der Waals surface area contributed by atoms with Gasteiger partial charge in [0, 0.05) is 6.42 Å². The van der Waals surface area contributed by atoms with E-state index < -0.39 is 66.6 Å². The van der Waals surface area contributed by atoms with Gasteiger partial charge in [-0.2, -0.15) is 0 Å². The Hall–Kier alpha value is -2.04. The molecule has 0 saturated carbocycles. The average Bonchev–Trinajstić information content (AvgIpc) is 2.86. The lowest BCUT2D eigenvalue weighted by atomic mass is 9.88. The van der Waals surface area contributed by atoms with Crippen molar-refractivity contribution in [1.29, 1.82) is 0 Å². The van der Waals surface area contributed by atoms with Gasteiger partial charge in [-0.1, -0.05) is 0 Å². The van der Waals surface area contributed by atoms with Crippen LogP contribution in [0, 0.1) is 5.41 Å². The van der Waals surface area contributed by atoms with Gasteiger partial charge in [0.2, 0.25) is 0 Å². The van der Waals surface area contributed by atoms with Crippen molar-refractivity contribution in [1.82, 2.24) is 10.2 Å². The zero-order valence-corrected chi connectivity index (χ0v) is 13.8. The highest BCUT2D eigenvalue weighted by Crippen LogP contribution is 2.28. The first-order valence-corrected chi connectivity index (χ1v) is 7.81. The molecule has 2 aliphatic heterocycles. The molecule has 2 amide bonds. The summed E-state index contributed by atoms with van der Waals surface area (Å²) in [6.07, 6.45) is -6.99. The van der Waals surface area contributed by atoms with Gasteiger partial charge in [-0.25, -0.2) is 0 Å². The minimum Gasteiger partial charge on any atom is -0.463 e. The molecule has 0 aliphatic carbocycles. The molecule has 0 aromatic rings. The minimum atomic E-state index is -1.65. The monoisotopic (exact) mass is 360 g/mol. The summed E-state index contributed by atoms with van der Waals surface area (Å²) in [7, 11) is 0. The second kappa shape index (κ2) is 7.06. The van der Waals surface area contributed by atoms with Crippen LogP contribution < -0.4 is 5.32 Å². The maximum Gasteiger partial charge on any atom is 0.314 e. The molecule has 2 rings (SSSR count). The van der Waals surface area contributed by atoms with Gasteiger partial charge < -0.3 is 35.1 Å². The highest BCUT2D eigenvalue weighted by Gasteiger charge is 2.55. The normalized spacial score (nSPS) is 32.8. The van der Waals surface area contributed by atoms with Gasteiger partial charge in [0.25, 0.3) is 0 Å². The molecule has 0 radical (unpaired) electrons. The van der Waals surface area contributed by atoms with Crippen LogP contribution in [0.1, 0.15) is 28.1 Å². The lowest BCUT2D eigenvalue weighted by Gasteiger charge is -2.44. The standard InChI is InChI=1S/C15H22N2O8/c1-15(2,4-3-5-18)14(24)25-6-7-8(19)9(20)10(21)11-16-12(22)13(23)17(7)11/h5,7-11,19-21H,3-4,6H2,1-2H3,(H,16,22)/t7-,8-,9+,10+,11+/m1/s1/i5T. The largest absolute Gasteiger partial charge is 0.463 e. The first-order chi connectivity index (χ1) is 12.0. The van der Waals surface area contributed by atoms with Gasteiger partial charge in [0.05, 0.1) is 11.5 Å². The van der Waals surface area contributed by atoms with E-state index in [0.717, 1.165) is 4.90 Å². The Morgan fingerprint density at radius 3 is 2.56 bits per heavy atom. The molecule has 2 heterocycles. The Kier molecular flexibility index (Phi) is 5.02. The van der Waals surface area contributed by atoms with Crippen LogP contribution in [0.3, 0.4) is 0 Å². The SMILES string of the molecule is [3H]C(=O)CCC(C)(C)C(=O)OC[C@@H]1[C@@H](O)[C@H](O)[C@H](O)[C@H]2NC(=O)C(=O)N12. The number of ether oxygens (including phenoxy) is 1. The van der Waals surface area contributed by atoms with Crippen LogP contribution in [0.2, 0.25) is 0 Å². The molecule has 10 heteroatoms. The van der Waals surface area contributed by atoms with Crippen molar-refractivity contribution in [2.24, 2.45) is 5.41 Å². The van der Waals surface area contributed by atoms with Crippen LogP contribution in [0.4, 0.5) is 0 Å². The number of hydrogen-bond acceptors (Lipinski definition) is 8. The molecular formula is C15H22N2O8. The summed E-state index contributed by atoms with van der Waals surface area (Å²) in [4.78, 5) is 47.4. The zero-order chi connectivity index (χ0) is 19.8. The molecule has 4 N–H and O–H groups in total. The van der Waals surface area contributed by atoms with Gasteiger partial charge in [-0.05, 0) is 20.3 Å². The topological polar surface area (TPSA) is 153 Å². The number of fused-ring (bicyclic) bond motifs is 1. The molecule has 10 nitrogen and oxygen atoms in total. The summed E-state index contributed by atoms with van der Waals surface area (Å²) in [5.41, 5.74) is -1.09. The van der Waals surface area contributed by atoms with Crippen molar-refractivity contribution in [3.8, 4) is 0 Å². The molecule has 2 saturated heterocycles. The molecule has 25 heavy (non-hydrogen) atoms. The number of piperidine rings is 1. The summed E-state index contributed by atoms with van der Waals surface area (Å²) >= 11 is 0. The smallest absolute Gasteiger partial charge is 0.314 e. The number of aliphatic hydroxyl groups is 3. The number of carbonyl (C=O) groups is 4. The van der Waals surface area contributed by atoms with E-state index in [1.54, 1.807) is 0 Å². The number of aliphatic hydroxyl groups excluding tert-OH is 3. The van der Waals surface area contributed by atoms with E-state index in [1.807, 2.05) is 0 Å². The summed E-state index contributed by atoms with van der Waals surface area (Å²) in [5, 5.41) is 32.2. The molecule has 0 spiro atoms. The highest BCUT2D eigenvalue weighted by molar-refractivity contribution is 6.37. The number of aldehydes is 1. The fraction of sp³-hybridized carbons (Fsp3) is 0.733. The van der Waals surface area contributed by atoms with Crippen LogP contribution in [0.15, 0.2) is 0 Å². The van der Waals surface area contributed by atoms with E-state index in [2.05, 4.69) is 5.32 Å². The van der Waals surface area contributed by atoms with Crippen molar-refractivity contribution in [3.63, 3.8) is 0 Å². The van der Waals surface area contributed by atoms with E-state index in [1.165, 1.54) is 13.8 Å². The van der Waals surface area contributed by atoms with Gasteiger partial charge in [-0.15, -0.1) is 0 Å². The second-order valence-corrected chi connectivity index (χ2v) is 6.80. The Morgan fingerprint density at radius 2 is 1.96 bits per heavy atom. The number of hydrogen-bond donors (Lipinski definition) is 4. The van der Waals surface area contributed by atoms with Crippen molar-refractivity contribution in [3.05, 3.63) is 0 Å². The number of carbonyl (C=O) groups excluding carboxylic acids is 4. The molecule has 140 valence electrons. The van der Waals surface area contributed by atoms with Gasteiger partial charge in [0.1, 0.15) is 38.7 Å². The van der Waals surface area contributed by atoms with Crippen LogP contribution in [0.5, 0.6) is 0 Å². The first-order valence-electron chi connectivity index (χ1n) is 8.31. The van der Waals surface area contributed by atoms with Crippen LogP contribution >= 0.6 is 0 Å². The highest BCUT2D eigenvalue weighted by atomic mass is 16.5. The van der Waals surface area contributed by atoms with Crippen LogP contribution in [0.25, 0.3) is 0 Å². The number of esters is 1. The quantitative estimate of drug-likeness (QED) is 0.226. The zero-order valence-electron chi connectivity index (χ0n) is 14.8. The summed E-state index contributed by atoms with van der Waals surface area (Å²) < 4.78 is 12.0. The fourth-order valence-electron chi connectivity index (χ4n) is 2.90. The summed E-state index contributed by atoms with van der Waals surface area (Å²) in [6, 6.07) is -1.23. The Morgan fingerprint density at radius 1 is 1.32 bits per heavy atom. The third-order valence-corrected chi connectivity index (χ3v) is 4.57. The summed E-state index contributed by atoms with van der Waals surface area (Å²) in [5.74, 6) is -2.74. The predicted molar refractivity (Wildman–Crippen MR) is 80.6 cm³/mol. The number of nitrogens with one attached hydrogen (secondary N) is 1. The Bertz CT molecular complexity index is 625. The Balaban J connectivity index is 2.09. The average molecular weight is 360 g/mol. The Labute approximate surface area is 145 Å². The maximum atomic E-state index is 12.2. The van der Waals surface area contributed by atoms with Gasteiger partial charge >= 0.3 is 17.8 Å². The van der Waals surface area contributed by atoms with Gasteiger partial charge in [0.15, 0.2) is 0 Å². The van der Waals surface area contributed by atoms with Crippen molar-refractivity contribution < 1.29 is 40.6 Å². The minimum absolute atomic E-state index is 0.0774. The third kappa shape index (κ3) is 3.51. The number of rotatable bonds is 6. The fourth-order valence-corrected chi connectivity index (χ4v) is 2.90. The predicted octanol–water partition coefficient (Wildman–Crippen LogP) is -2.72. The lowest BCUT2D eigenvalue weighted by molar-refractivity contribution is -0.184. The van der Waals surface area contributed by atoms with Crippen LogP contribution in [-0.2, 0) is 23.9 Å². The third-order valence-electron chi connectivity index (χ3n) is 4.57. The molecule has 0 aromatic heterocycles. The second-order valence-electron chi connectivity index (χ2n) is 6.80. The summed E-state index contributed by atoms with van der Waals surface area (Å²) in [6.45, 7) is 2.52. The van der Waals surface area contributed by atoms with E-state index in [9.17, 15) is 34.5 Å². The molecular weight excluding hydrogens is 336 g/mol. The molecule has 2 aliphatic rings. The molecule has 0 bridgehead atoms. The number of amides is 2. The molecule has 0 unspecified atom stereocenters. The van der Waals surface area contributed by atoms with E-state index >= 15 is 0 Å². The molecule has 0 aromatic carbocycles. The van der Waals surface area contributed by atoms with Crippen LogP contribution in [-0.4, -0.2) is 81.4 Å². The van der Waals surface area contributed by atoms with Crippen molar-refractivity contribution in [2.75, 3.05) is 6.61 Å². The van der Waals surface area contributed by atoms with Crippen molar-refractivity contribution >= 4 is 24.0 Å². The van der Waals surface area contributed by atoms with E-state index in [4.69, 9.17) is 6.11 Å². The number of nitrogens with zero attached hydrogens (tertiary/aromatic N) is 1. The maximum absolute atomic E-state index is 12.2.